The Bertz CT molecular complexity index is 702. The molecule has 3 rings (SSSR count). The molecule has 0 radical (unpaired) electrons. The van der Waals surface area contributed by atoms with Crippen molar-refractivity contribution >= 4 is 0 Å². The molecule has 0 saturated carbocycles. The number of nitrogens with zero attached hydrogens (tertiary/aromatic N) is 2. The van der Waals surface area contributed by atoms with E-state index in [4.69, 9.17) is 4.74 Å². The zero-order valence-corrected chi connectivity index (χ0v) is 11.3. The van der Waals surface area contributed by atoms with Crippen LogP contribution in [0.1, 0.15) is 17.4 Å². The maximum absolute atomic E-state index is 10.3. The lowest BCUT2D eigenvalue weighted by molar-refractivity contribution is 0.214. The molecule has 3 aromatic rings. The minimum Gasteiger partial charge on any atom is -0.457 e. The van der Waals surface area contributed by atoms with Crippen LogP contribution in [0.25, 0.3) is 0 Å². The highest BCUT2D eigenvalue weighted by Crippen LogP contribution is 2.26. The van der Waals surface area contributed by atoms with E-state index in [2.05, 4.69) is 9.97 Å². The van der Waals surface area contributed by atoms with Gasteiger partial charge in [-0.2, -0.15) is 0 Å². The number of aliphatic hydroxyl groups is 1. The molecule has 0 bridgehead atoms. The lowest BCUT2D eigenvalue weighted by Gasteiger charge is -2.12. The first-order valence-corrected chi connectivity index (χ1v) is 6.60. The van der Waals surface area contributed by atoms with Gasteiger partial charge in [0.25, 0.3) is 0 Å². The van der Waals surface area contributed by atoms with Gasteiger partial charge < -0.3 is 9.84 Å². The van der Waals surface area contributed by atoms with E-state index in [0.29, 0.717) is 17.0 Å². The highest BCUT2D eigenvalue weighted by molar-refractivity contribution is 5.36. The fourth-order valence-corrected chi connectivity index (χ4v) is 2.00. The Balaban J connectivity index is 1.83. The summed E-state index contributed by atoms with van der Waals surface area (Å²) in [6, 6.07) is 16.8. The Morgan fingerprint density at radius 3 is 2.48 bits per heavy atom. The number of para-hydroxylation sites is 1. The van der Waals surface area contributed by atoms with E-state index in [1.165, 1.54) is 0 Å². The van der Waals surface area contributed by atoms with Crippen LogP contribution < -0.4 is 4.74 Å². The van der Waals surface area contributed by atoms with Gasteiger partial charge in [0.15, 0.2) is 0 Å². The molecular formula is C17H14N2O2. The fourth-order valence-electron chi connectivity index (χ4n) is 2.00. The standard InChI is InChI=1S/C17H14N2O2/c20-17(16-12-18-9-10-19-16)13-5-4-8-15(11-13)21-14-6-2-1-3-7-14/h1-12,17,20H. The van der Waals surface area contributed by atoms with Crippen molar-refractivity contribution in [3.8, 4) is 11.5 Å². The summed E-state index contributed by atoms with van der Waals surface area (Å²) in [6.07, 6.45) is 3.86. The molecule has 0 aliphatic rings. The molecule has 4 nitrogen and oxygen atoms in total. The van der Waals surface area contributed by atoms with Crippen LogP contribution in [0, 0.1) is 0 Å². The number of aromatic nitrogens is 2. The summed E-state index contributed by atoms with van der Waals surface area (Å²) in [5.74, 6) is 1.42. The molecule has 1 heterocycles. The van der Waals surface area contributed by atoms with Crippen molar-refractivity contribution in [1.82, 2.24) is 9.97 Å². The second kappa shape index (κ2) is 6.15. The number of hydrogen-bond donors (Lipinski definition) is 1. The zero-order valence-electron chi connectivity index (χ0n) is 11.3. The lowest BCUT2D eigenvalue weighted by atomic mass is 10.1. The van der Waals surface area contributed by atoms with E-state index in [1.807, 2.05) is 48.5 Å². The molecule has 21 heavy (non-hydrogen) atoms. The van der Waals surface area contributed by atoms with Gasteiger partial charge in [-0.3, -0.25) is 9.97 Å². The second-order valence-corrected chi connectivity index (χ2v) is 4.52. The van der Waals surface area contributed by atoms with E-state index in [0.717, 1.165) is 5.75 Å². The van der Waals surface area contributed by atoms with Gasteiger partial charge in [-0.05, 0) is 29.8 Å². The van der Waals surface area contributed by atoms with Gasteiger partial charge in [0, 0.05) is 12.4 Å². The summed E-state index contributed by atoms with van der Waals surface area (Å²) in [4.78, 5) is 8.08. The molecule has 0 aliphatic carbocycles. The molecule has 1 unspecified atom stereocenters. The minimum atomic E-state index is -0.821. The molecule has 1 atom stereocenters. The number of hydrogen-bond acceptors (Lipinski definition) is 4. The van der Waals surface area contributed by atoms with Gasteiger partial charge in [-0.1, -0.05) is 30.3 Å². The van der Waals surface area contributed by atoms with E-state index in [-0.39, 0.29) is 0 Å². The van der Waals surface area contributed by atoms with E-state index in [9.17, 15) is 5.11 Å². The van der Waals surface area contributed by atoms with E-state index < -0.39 is 6.10 Å². The van der Waals surface area contributed by atoms with E-state index >= 15 is 0 Å². The van der Waals surface area contributed by atoms with Crippen LogP contribution in [-0.4, -0.2) is 15.1 Å². The van der Waals surface area contributed by atoms with Crippen LogP contribution in [-0.2, 0) is 0 Å². The lowest BCUT2D eigenvalue weighted by Crippen LogP contribution is -2.02. The van der Waals surface area contributed by atoms with E-state index in [1.54, 1.807) is 24.7 Å². The summed E-state index contributed by atoms with van der Waals surface area (Å²) in [5.41, 5.74) is 1.22. The SMILES string of the molecule is OC(c1cccc(Oc2ccccc2)c1)c1cnccn1. The molecule has 4 heteroatoms. The van der Waals surface area contributed by atoms with Crippen LogP contribution >= 0.6 is 0 Å². The molecule has 1 N–H and O–H groups in total. The molecular weight excluding hydrogens is 264 g/mol. The normalized spacial score (nSPS) is 11.9. The van der Waals surface area contributed by atoms with Gasteiger partial charge in [0.05, 0.1) is 11.9 Å². The Kier molecular flexibility index (Phi) is 3.89. The summed E-state index contributed by atoms with van der Waals surface area (Å²) in [7, 11) is 0. The zero-order chi connectivity index (χ0) is 14.5. The molecule has 0 saturated heterocycles. The third-order valence-corrected chi connectivity index (χ3v) is 3.02. The van der Waals surface area contributed by atoms with Crippen molar-refractivity contribution in [1.29, 1.82) is 0 Å². The van der Waals surface area contributed by atoms with Crippen molar-refractivity contribution in [2.45, 2.75) is 6.10 Å². The molecule has 0 aliphatic heterocycles. The van der Waals surface area contributed by atoms with Crippen LogP contribution in [0.3, 0.4) is 0 Å². The molecule has 2 aromatic carbocycles. The van der Waals surface area contributed by atoms with Gasteiger partial charge in [-0.15, -0.1) is 0 Å². The van der Waals surface area contributed by atoms with Gasteiger partial charge in [-0.25, -0.2) is 0 Å². The maximum atomic E-state index is 10.3. The third-order valence-electron chi connectivity index (χ3n) is 3.02. The first-order valence-electron chi connectivity index (χ1n) is 6.60. The van der Waals surface area contributed by atoms with Gasteiger partial charge >= 0.3 is 0 Å². The largest absolute Gasteiger partial charge is 0.457 e. The molecule has 0 fully saturated rings. The molecule has 0 amide bonds. The number of benzene rings is 2. The Morgan fingerprint density at radius 2 is 1.71 bits per heavy atom. The number of ether oxygens (including phenoxy) is 1. The number of rotatable bonds is 4. The molecule has 0 spiro atoms. The van der Waals surface area contributed by atoms with Crippen molar-refractivity contribution in [2.24, 2.45) is 0 Å². The predicted octanol–water partition coefficient (Wildman–Crippen LogP) is 3.35. The summed E-state index contributed by atoms with van der Waals surface area (Å²) < 4.78 is 5.76. The summed E-state index contributed by atoms with van der Waals surface area (Å²) in [6.45, 7) is 0. The maximum Gasteiger partial charge on any atom is 0.127 e. The first-order chi connectivity index (χ1) is 10.3. The third kappa shape index (κ3) is 3.24. The van der Waals surface area contributed by atoms with Gasteiger partial charge in [0.2, 0.25) is 0 Å². The molecule has 104 valence electrons. The fraction of sp³-hybridized carbons (Fsp3) is 0.0588. The van der Waals surface area contributed by atoms with Crippen molar-refractivity contribution in [3.63, 3.8) is 0 Å². The Hall–Kier alpha value is -2.72. The first kappa shape index (κ1) is 13.3. The summed E-state index contributed by atoms with van der Waals surface area (Å²) in [5, 5.41) is 10.3. The van der Waals surface area contributed by atoms with Crippen LogP contribution in [0.5, 0.6) is 11.5 Å². The Morgan fingerprint density at radius 1 is 0.905 bits per heavy atom. The van der Waals surface area contributed by atoms with Crippen molar-refractivity contribution < 1.29 is 9.84 Å². The highest BCUT2D eigenvalue weighted by atomic mass is 16.5. The van der Waals surface area contributed by atoms with Crippen LogP contribution in [0.4, 0.5) is 0 Å². The van der Waals surface area contributed by atoms with Crippen molar-refractivity contribution in [3.05, 3.63) is 84.4 Å². The smallest absolute Gasteiger partial charge is 0.127 e. The minimum absolute atomic E-state index is 0.509. The monoisotopic (exact) mass is 278 g/mol. The summed E-state index contributed by atoms with van der Waals surface area (Å²) >= 11 is 0. The van der Waals surface area contributed by atoms with Crippen molar-refractivity contribution in [2.75, 3.05) is 0 Å². The van der Waals surface area contributed by atoms with Crippen LogP contribution in [0.15, 0.2) is 73.2 Å². The molecule has 1 aromatic heterocycles. The van der Waals surface area contributed by atoms with Gasteiger partial charge in [0.1, 0.15) is 17.6 Å². The van der Waals surface area contributed by atoms with Crippen LogP contribution in [0.2, 0.25) is 0 Å². The second-order valence-electron chi connectivity index (χ2n) is 4.52. The Labute approximate surface area is 122 Å². The predicted molar refractivity (Wildman–Crippen MR) is 79.1 cm³/mol. The quantitative estimate of drug-likeness (QED) is 0.795. The highest BCUT2D eigenvalue weighted by Gasteiger charge is 2.12. The average molecular weight is 278 g/mol. The topological polar surface area (TPSA) is 55.2 Å². The number of aliphatic hydroxyl groups excluding tert-OH is 1. The average Bonchev–Trinajstić information content (AvgIpc) is 2.56.